The third kappa shape index (κ3) is 2.30. The van der Waals surface area contributed by atoms with Crippen molar-refractivity contribution in [1.82, 2.24) is 10.3 Å². The molecule has 3 rings (SSSR count). The van der Waals surface area contributed by atoms with Gasteiger partial charge in [-0.15, -0.1) is 11.3 Å². The van der Waals surface area contributed by atoms with Crippen LogP contribution in [0.15, 0.2) is 6.20 Å². The molecule has 1 N–H and O–H groups in total. The maximum Gasteiger partial charge on any atom is 0.0959 e. The molecule has 1 aromatic rings. The van der Waals surface area contributed by atoms with E-state index in [1.54, 1.807) is 0 Å². The standard InChI is InChI=1S/C13H20N2S/c1-9(10-5-6-10)14-7-12-8-15-13(16-12)11-3-2-4-11/h8-11,14H,2-7H2,1H3. The van der Waals surface area contributed by atoms with E-state index in [1.807, 2.05) is 11.3 Å². The van der Waals surface area contributed by atoms with Gasteiger partial charge >= 0.3 is 0 Å². The molecule has 2 nitrogen and oxygen atoms in total. The summed E-state index contributed by atoms with van der Waals surface area (Å²) in [5.74, 6) is 1.73. The van der Waals surface area contributed by atoms with Crippen molar-refractivity contribution in [2.75, 3.05) is 0 Å². The number of nitrogens with one attached hydrogen (secondary N) is 1. The van der Waals surface area contributed by atoms with Gasteiger partial charge in [0.25, 0.3) is 0 Å². The van der Waals surface area contributed by atoms with Crippen molar-refractivity contribution in [1.29, 1.82) is 0 Å². The van der Waals surface area contributed by atoms with Gasteiger partial charge in [-0.1, -0.05) is 6.42 Å². The van der Waals surface area contributed by atoms with E-state index in [4.69, 9.17) is 0 Å². The molecule has 1 unspecified atom stereocenters. The molecular formula is C13H20N2S. The van der Waals surface area contributed by atoms with Gasteiger partial charge in [-0.2, -0.15) is 0 Å². The Kier molecular flexibility index (Phi) is 2.99. The van der Waals surface area contributed by atoms with Crippen LogP contribution >= 0.6 is 11.3 Å². The van der Waals surface area contributed by atoms with E-state index in [1.165, 1.54) is 42.0 Å². The van der Waals surface area contributed by atoms with Crippen molar-refractivity contribution in [3.8, 4) is 0 Å². The van der Waals surface area contributed by atoms with Crippen LogP contribution < -0.4 is 5.32 Å². The Hall–Kier alpha value is -0.410. The molecule has 1 aromatic heterocycles. The van der Waals surface area contributed by atoms with E-state index >= 15 is 0 Å². The number of rotatable bonds is 5. The second-order valence-electron chi connectivity index (χ2n) is 5.30. The van der Waals surface area contributed by atoms with Gasteiger partial charge < -0.3 is 5.32 Å². The van der Waals surface area contributed by atoms with Gasteiger partial charge in [0, 0.05) is 29.6 Å². The highest BCUT2D eigenvalue weighted by Gasteiger charge is 2.27. The molecule has 0 bridgehead atoms. The summed E-state index contributed by atoms with van der Waals surface area (Å²) in [6, 6.07) is 0.689. The first kappa shape index (κ1) is 10.7. The molecule has 0 spiro atoms. The Morgan fingerprint density at radius 3 is 2.88 bits per heavy atom. The average Bonchev–Trinajstić information content (AvgIpc) is 2.95. The minimum atomic E-state index is 0.689. The molecule has 16 heavy (non-hydrogen) atoms. The zero-order chi connectivity index (χ0) is 11.0. The summed E-state index contributed by atoms with van der Waals surface area (Å²) in [4.78, 5) is 5.97. The van der Waals surface area contributed by atoms with Gasteiger partial charge in [-0.25, -0.2) is 4.98 Å². The van der Waals surface area contributed by atoms with Gasteiger partial charge in [0.05, 0.1) is 5.01 Å². The number of nitrogens with zero attached hydrogens (tertiary/aromatic N) is 1. The van der Waals surface area contributed by atoms with Crippen LogP contribution in [0, 0.1) is 5.92 Å². The lowest BCUT2D eigenvalue weighted by Gasteiger charge is -2.22. The van der Waals surface area contributed by atoms with E-state index in [2.05, 4.69) is 23.4 Å². The highest BCUT2D eigenvalue weighted by molar-refractivity contribution is 7.11. The molecule has 2 aliphatic carbocycles. The van der Waals surface area contributed by atoms with E-state index in [0.29, 0.717) is 6.04 Å². The second kappa shape index (κ2) is 4.46. The molecule has 1 atom stereocenters. The quantitative estimate of drug-likeness (QED) is 0.848. The molecule has 0 saturated heterocycles. The molecule has 0 aromatic carbocycles. The van der Waals surface area contributed by atoms with Crippen molar-refractivity contribution >= 4 is 11.3 Å². The molecule has 88 valence electrons. The summed E-state index contributed by atoms with van der Waals surface area (Å²) < 4.78 is 0. The van der Waals surface area contributed by atoms with Crippen molar-refractivity contribution < 1.29 is 0 Å². The van der Waals surface area contributed by atoms with Gasteiger partial charge in [-0.05, 0) is 38.5 Å². The zero-order valence-electron chi connectivity index (χ0n) is 9.91. The monoisotopic (exact) mass is 236 g/mol. The molecule has 0 amide bonds. The molecule has 2 aliphatic rings. The Morgan fingerprint density at radius 2 is 2.25 bits per heavy atom. The third-order valence-corrected chi connectivity index (χ3v) is 5.11. The zero-order valence-corrected chi connectivity index (χ0v) is 10.7. The molecular weight excluding hydrogens is 216 g/mol. The SMILES string of the molecule is CC(NCc1cnc(C2CCC2)s1)C1CC1. The average molecular weight is 236 g/mol. The predicted octanol–water partition coefficient (Wildman–Crippen LogP) is 3.30. The molecule has 2 saturated carbocycles. The van der Waals surface area contributed by atoms with Crippen LogP contribution in [0.25, 0.3) is 0 Å². The summed E-state index contributed by atoms with van der Waals surface area (Å²) in [6.45, 7) is 3.33. The lowest BCUT2D eigenvalue weighted by molar-refractivity contribution is 0.418. The van der Waals surface area contributed by atoms with E-state index < -0.39 is 0 Å². The normalized spacial score (nSPS) is 23.1. The van der Waals surface area contributed by atoms with Crippen molar-refractivity contribution in [3.63, 3.8) is 0 Å². The summed E-state index contributed by atoms with van der Waals surface area (Å²) in [7, 11) is 0. The summed E-state index contributed by atoms with van der Waals surface area (Å²) in [5.41, 5.74) is 0. The van der Waals surface area contributed by atoms with Crippen molar-refractivity contribution in [2.24, 2.45) is 5.92 Å². The van der Waals surface area contributed by atoms with Gasteiger partial charge in [0.1, 0.15) is 0 Å². The maximum atomic E-state index is 4.56. The lowest BCUT2D eigenvalue weighted by atomic mass is 9.86. The Bertz CT molecular complexity index is 353. The van der Waals surface area contributed by atoms with E-state index in [9.17, 15) is 0 Å². The summed E-state index contributed by atoms with van der Waals surface area (Å²) in [6.07, 6.45) is 9.04. The molecule has 0 radical (unpaired) electrons. The Morgan fingerprint density at radius 1 is 1.44 bits per heavy atom. The van der Waals surface area contributed by atoms with Crippen LogP contribution in [-0.4, -0.2) is 11.0 Å². The van der Waals surface area contributed by atoms with Crippen LogP contribution in [0.4, 0.5) is 0 Å². The fourth-order valence-corrected chi connectivity index (χ4v) is 3.31. The van der Waals surface area contributed by atoms with Gasteiger partial charge in [0.2, 0.25) is 0 Å². The predicted molar refractivity (Wildman–Crippen MR) is 67.7 cm³/mol. The summed E-state index contributed by atoms with van der Waals surface area (Å²) >= 11 is 1.92. The minimum absolute atomic E-state index is 0.689. The molecule has 2 fully saturated rings. The number of aromatic nitrogens is 1. The third-order valence-electron chi connectivity index (χ3n) is 3.95. The first-order valence-corrected chi connectivity index (χ1v) is 7.32. The highest BCUT2D eigenvalue weighted by atomic mass is 32.1. The van der Waals surface area contributed by atoms with Crippen LogP contribution in [0.3, 0.4) is 0 Å². The van der Waals surface area contributed by atoms with Gasteiger partial charge in [-0.3, -0.25) is 0 Å². The number of thiazole rings is 1. The van der Waals surface area contributed by atoms with Crippen LogP contribution in [0.2, 0.25) is 0 Å². The van der Waals surface area contributed by atoms with Gasteiger partial charge in [0.15, 0.2) is 0 Å². The topological polar surface area (TPSA) is 24.9 Å². The number of hydrogen-bond acceptors (Lipinski definition) is 3. The smallest absolute Gasteiger partial charge is 0.0959 e. The van der Waals surface area contributed by atoms with Crippen LogP contribution in [0.5, 0.6) is 0 Å². The highest BCUT2D eigenvalue weighted by Crippen LogP contribution is 2.38. The first-order chi connectivity index (χ1) is 7.83. The van der Waals surface area contributed by atoms with Crippen LogP contribution in [-0.2, 0) is 6.54 Å². The Balaban J connectivity index is 1.51. The lowest BCUT2D eigenvalue weighted by Crippen LogP contribution is -2.26. The van der Waals surface area contributed by atoms with E-state index in [0.717, 1.165) is 18.4 Å². The number of hydrogen-bond donors (Lipinski definition) is 1. The van der Waals surface area contributed by atoms with Crippen molar-refractivity contribution in [2.45, 2.75) is 57.5 Å². The Labute approximate surface area is 101 Å². The fraction of sp³-hybridized carbons (Fsp3) is 0.769. The largest absolute Gasteiger partial charge is 0.309 e. The fourth-order valence-electron chi connectivity index (χ4n) is 2.27. The summed E-state index contributed by atoms with van der Waals surface area (Å²) in [5, 5.41) is 5.00. The molecule has 3 heteroatoms. The second-order valence-corrected chi connectivity index (χ2v) is 6.45. The van der Waals surface area contributed by atoms with E-state index in [-0.39, 0.29) is 0 Å². The molecule has 0 aliphatic heterocycles. The van der Waals surface area contributed by atoms with Crippen molar-refractivity contribution in [3.05, 3.63) is 16.1 Å². The minimum Gasteiger partial charge on any atom is -0.309 e. The molecule has 1 heterocycles. The first-order valence-electron chi connectivity index (χ1n) is 6.51. The maximum absolute atomic E-state index is 4.56. The van der Waals surface area contributed by atoms with Crippen LogP contribution in [0.1, 0.15) is 54.8 Å².